The summed E-state index contributed by atoms with van der Waals surface area (Å²) in [6.07, 6.45) is 4.35. The summed E-state index contributed by atoms with van der Waals surface area (Å²) < 4.78 is 13.6. The average molecular weight is 461 g/mol. The highest BCUT2D eigenvalue weighted by Crippen LogP contribution is 2.34. The first kappa shape index (κ1) is 21.8. The lowest BCUT2D eigenvalue weighted by molar-refractivity contribution is -0.0532. The number of imidazole rings is 1. The number of carbonyl (C=O) groups is 1. The average Bonchev–Trinajstić information content (AvgIpc) is 3.42. The molecule has 1 N–H and O–H groups in total. The van der Waals surface area contributed by atoms with Gasteiger partial charge in [0, 0.05) is 12.0 Å². The summed E-state index contributed by atoms with van der Waals surface area (Å²) in [4.78, 5) is 24.9. The zero-order valence-electron chi connectivity index (χ0n) is 16.6. The largest absolute Gasteiger partial charge is 0.394 e. The zero-order chi connectivity index (χ0) is 21.6. The Morgan fingerprint density at radius 3 is 2.94 bits per heavy atom. The number of nitrogens with zero attached hydrogens (tertiary/aromatic N) is 6. The summed E-state index contributed by atoms with van der Waals surface area (Å²) in [6, 6.07) is 8.66. The molecular formula is C19H20N6O4S2. The molecule has 12 heteroatoms. The summed E-state index contributed by atoms with van der Waals surface area (Å²) in [5.41, 5.74) is 1.33. The van der Waals surface area contributed by atoms with Gasteiger partial charge in [-0.3, -0.25) is 9.36 Å². The molecule has 3 heterocycles. The van der Waals surface area contributed by atoms with E-state index in [1.165, 1.54) is 6.33 Å². The Morgan fingerprint density at radius 2 is 2.16 bits per heavy atom. The molecule has 1 aromatic carbocycles. The molecule has 3 atom stereocenters. The van der Waals surface area contributed by atoms with Crippen LogP contribution < -0.4 is 0 Å². The van der Waals surface area contributed by atoms with Gasteiger partial charge in [-0.1, -0.05) is 39.8 Å². The fourth-order valence-electron chi connectivity index (χ4n) is 3.23. The minimum atomic E-state index is -0.472. The van der Waals surface area contributed by atoms with Gasteiger partial charge in [0.15, 0.2) is 11.2 Å². The van der Waals surface area contributed by atoms with Gasteiger partial charge in [-0.2, -0.15) is 0 Å². The summed E-state index contributed by atoms with van der Waals surface area (Å²) in [7, 11) is 3.20. The van der Waals surface area contributed by atoms with Gasteiger partial charge < -0.3 is 14.6 Å². The molecule has 0 aliphatic carbocycles. The number of aromatic nitrogens is 4. The Bertz CT molecular complexity index is 1060. The van der Waals surface area contributed by atoms with E-state index in [1.807, 2.05) is 12.3 Å². The molecule has 0 bridgehead atoms. The fourth-order valence-corrected chi connectivity index (χ4v) is 4.01. The highest BCUT2D eigenvalue weighted by molar-refractivity contribution is 8.76. The van der Waals surface area contributed by atoms with Gasteiger partial charge in [0.2, 0.25) is 5.82 Å². The minimum Gasteiger partial charge on any atom is -0.394 e. The molecule has 0 saturated carbocycles. The number of amides is 1. The van der Waals surface area contributed by atoms with Gasteiger partial charge in [-0.15, -0.1) is 10.2 Å². The normalized spacial score (nSPS) is 21.3. The third-order valence-electron chi connectivity index (χ3n) is 4.71. The van der Waals surface area contributed by atoms with Gasteiger partial charge in [0.1, 0.15) is 24.6 Å². The maximum atomic E-state index is 12.2. The maximum absolute atomic E-state index is 12.2. The van der Waals surface area contributed by atoms with Crippen molar-refractivity contribution < 1.29 is 19.4 Å². The third-order valence-corrected chi connectivity index (χ3v) is 6.18. The number of ether oxygens (including phenoxy) is 2. The molecule has 4 rings (SSSR count). The molecule has 1 amide bonds. The van der Waals surface area contributed by atoms with Crippen LogP contribution in [0.25, 0.3) is 11.2 Å². The second-order valence-electron chi connectivity index (χ2n) is 6.55. The van der Waals surface area contributed by atoms with Crippen LogP contribution in [-0.2, 0) is 9.47 Å². The highest BCUT2D eigenvalue weighted by atomic mass is 33.1. The number of fused-ring (bicyclic) bond motifs is 1. The van der Waals surface area contributed by atoms with Crippen molar-refractivity contribution in [3.63, 3.8) is 0 Å². The van der Waals surface area contributed by atoms with Gasteiger partial charge in [-0.05, 0) is 18.4 Å². The van der Waals surface area contributed by atoms with E-state index in [1.54, 1.807) is 56.7 Å². The van der Waals surface area contributed by atoms with E-state index >= 15 is 0 Å². The number of carbonyl (C=O) groups excluding carboxylic acids is 1. The van der Waals surface area contributed by atoms with Crippen molar-refractivity contribution >= 4 is 44.5 Å². The Kier molecular flexibility index (Phi) is 7.25. The number of benzene rings is 1. The van der Waals surface area contributed by atoms with E-state index in [-0.39, 0.29) is 18.5 Å². The van der Waals surface area contributed by atoms with E-state index in [9.17, 15) is 9.90 Å². The molecule has 0 radical (unpaired) electrons. The molecule has 31 heavy (non-hydrogen) atoms. The SMILES string of the molecule is CSSCO[C@@H]1CC(n2cnc3c(N=NC(=O)c4ccccc4)ncnc32)O[C@@H]1CO. The molecule has 162 valence electrons. The molecular weight excluding hydrogens is 440 g/mol. The number of hydrogen-bond donors (Lipinski definition) is 1. The first-order valence-electron chi connectivity index (χ1n) is 9.43. The van der Waals surface area contributed by atoms with E-state index in [0.29, 0.717) is 29.1 Å². The monoisotopic (exact) mass is 460 g/mol. The molecule has 10 nitrogen and oxygen atoms in total. The molecule has 1 aliphatic rings. The first-order valence-corrected chi connectivity index (χ1v) is 12.2. The van der Waals surface area contributed by atoms with Crippen molar-refractivity contribution in [1.82, 2.24) is 19.5 Å². The van der Waals surface area contributed by atoms with Crippen molar-refractivity contribution in [3.05, 3.63) is 48.5 Å². The minimum absolute atomic E-state index is 0.145. The highest BCUT2D eigenvalue weighted by Gasteiger charge is 2.37. The summed E-state index contributed by atoms with van der Waals surface area (Å²) >= 11 is 0. The zero-order valence-corrected chi connectivity index (χ0v) is 18.2. The van der Waals surface area contributed by atoms with Crippen LogP contribution in [0.5, 0.6) is 0 Å². The lowest BCUT2D eigenvalue weighted by Gasteiger charge is -2.15. The van der Waals surface area contributed by atoms with E-state index in [2.05, 4.69) is 25.2 Å². The van der Waals surface area contributed by atoms with Crippen LogP contribution in [0.2, 0.25) is 0 Å². The number of rotatable bonds is 8. The standard InChI is InChI=1S/C19H20N6O4S2/c1-30-31-11-28-13-7-15(29-14(13)8-26)25-10-22-16-17(20-9-21-18(16)25)23-24-19(27)12-5-3-2-4-6-12/h2-6,9-10,13-15,26H,7-8,11H2,1H3/t13-,14-,15?/m1/s1. The summed E-state index contributed by atoms with van der Waals surface area (Å²) in [5, 5.41) is 17.4. The van der Waals surface area contributed by atoms with Crippen LogP contribution >= 0.6 is 21.6 Å². The lowest BCUT2D eigenvalue weighted by Crippen LogP contribution is -2.27. The van der Waals surface area contributed by atoms with Crippen LogP contribution in [0.1, 0.15) is 23.0 Å². The molecule has 1 unspecified atom stereocenters. The number of aliphatic hydroxyl groups excluding tert-OH is 1. The van der Waals surface area contributed by atoms with E-state index in [4.69, 9.17) is 9.47 Å². The van der Waals surface area contributed by atoms with E-state index in [0.717, 1.165) is 0 Å². The topological polar surface area (TPSA) is 124 Å². The summed E-state index contributed by atoms with van der Waals surface area (Å²) in [5.74, 6) is 0.222. The van der Waals surface area contributed by atoms with Crippen LogP contribution in [-0.4, -0.2) is 61.5 Å². The second-order valence-corrected chi connectivity index (χ2v) is 9.06. The van der Waals surface area contributed by atoms with Crippen molar-refractivity contribution in [2.45, 2.75) is 24.9 Å². The van der Waals surface area contributed by atoms with Gasteiger partial charge in [0.25, 0.3) is 5.91 Å². The van der Waals surface area contributed by atoms with Gasteiger partial charge in [0.05, 0.1) is 19.0 Å². The Morgan fingerprint density at radius 1 is 1.32 bits per heavy atom. The maximum Gasteiger partial charge on any atom is 0.295 e. The number of hydrogen-bond acceptors (Lipinski definition) is 10. The van der Waals surface area contributed by atoms with Crippen LogP contribution in [0.3, 0.4) is 0 Å². The van der Waals surface area contributed by atoms with E-state index < -0.39 is 18.2 Å². The molecule has 1 aliphatic heterocycles. The Labute approximate surface area is 185 Å². The number of azo groups is 1. The molecule has 1 saturated heterocycles. The van der Waals surface area contributed by atoms with Crippen molar-refractivity contribution in [2.75, 3.05) is 18.8 Å². The van der Waals surface area contributed by atoms with Crippen LogP contribution in [0, 0.1) is 0 Å². The first-order chi connectivity index (χ1) is 15.2. The van der Waals surface area contributed by atoms with Crippen LogP contribution in [0.15, 0.2) is 53.2 Å². The van der Waals surface area contributed by atoms with Crippen molar-refractivity contribution in [2.24, 2.45) is 10.2 Å². The number of aliphatic hydroxyl groups is 1. The van der Waals surface area contributed by atoms with Crippen molar-refractivity contribution in [1.29, 1.82) is 0 Å². The predicted molar refractivity (Wildman–Crippen MR) is 117 cm³/mol. The second kappa shape index (κ2) is 10.3. The van der Waals surface area contributed by atoms with Crippen molar-refractivity contribution in [3.8, 4) is 0 Å². The van der Waals surface area contributed by atoms with Gasteiger partial charge >= 0.3 is 0 Å². The van der Waals surface area contributed by atoms with Gasteiger partial charge in [-0.25, -0.2) is 15.0 Å². The van der Waals surface area contributed by atoms with Crippen LogP contribution in [0.4, 0.5) is 5.82 Å². The smallest absolute Gasteiger partial charge is 0.295 e. The summed E-state index contributed by atoms with van der Waals surface area (Å²) in [6.45, 7) is -0.145. The Balaban J connectivity index is 1.54. The molecule has 2 aromatic heterocycles. The molecule has 1 fully saturated rings. The quantitative estimate of drug-likeness (QED) is 0.233. The fraction of sp³-hybridized carbons (Fsp3) is 0.368. The third kappa shape index (κ3) is 4.93. The molecule has 3 aromatic rings. The molecule has 0 spiro atoms. The predicted octanol–water partition coefficient (Wildman–Crippen LogP) is 3.38. The lowest BCUT2D eigenvalue weighted by atomic mass is 10.2. The Hall–Kier alpha value is -2.38.